The predicted molar refractivity (Wildman–Crippen MR) is 254 cm³/mol. The van der Waals surface area contributed by atoms with Gasteiger partial charge in [-0.05, 0) is 102 Å². The molecule has 6 atom stereocenters. The van der Waals surface area contributed by atoms with Crippen LogP contribution in [0.5, 0.6) is 0 Å². The molecule has 0 radical (unpaired) electrons. The second kappa shape index (κ2) is 22.2. The van der Waals surface area contributed by atoms with Crippen LogP contribution in [0.1, 0.15) is 88.5 Å². The van der Waals surface area contributed by atoms with Gasteiger partial charge in [0.2, 0.25) is 11.8 Å². The first-order valence-corrected chi connectivity index (χ1v) is 24.0. The number of nitrogens with zero attached hydrogens (tertiary/aromatic N) is 4. The maximum Gasteiger partial charge on any atom is 0.416 e. The minimum atomic E-state index is -0.812. The fourth-order valence-electron chi connectivity index (χ4n) is 9.61. The third-order valence-electron chi connectivity index (χ3n) is 12.9. The van der Waals surface area contributed by atoms with Crippen molar-refractivity contribution in [1.29, 1.82) is 0 Å². The molecule has 4 fully saturated rings. The van der Waals surface area contributed by atoms with Crippen LogP contribution in [0, 0.1) is 35.1 Å². The van der Waals surface area contributed by atoms with Crippen molar-refractivity contribution in [2.45, 2.75) is 102 Å². The molecule has 384 valence electrons. The second-order valence-electron chi connectivity index (χ2n) is 20.4. The molecular formula is C54H60F4N4O10. The van der Waals surface area contributed by atoms with E-state index in [0.717, 1.165) is 45.2 Å². The molecule has 0 spiro atoms. The maximum absolute atomic E-state index is 14.9. The molecule has 0 unspecified atom stereocenters. The molecule has 4 aliphatic heterocycles. The van der Waals surface area contributed by atoms with Gasteiger partial charge >= 0.3 is 24.4 Å². The van der Waals surface area contributed by atoms with Crippen LogP contribution in [-0.4, -0.2) is 118 Å². The molecule has 0 aliphatic carbocycles. The first-order chi connectivity index (χ1) is 34.1. The predicted octanol–water partition coefficient (Wildman–Crippen LogP) is 9.79. The van der Waals surface area contributed by atoms with Crippen LogP contribution in [0.15, 0.2) is 97.1 Å². The van der Waals surface area contributed by atoms with Crippen molar-refractivity contribution in [3.05, 3.63) is 143 Å². The third-order valence-corrected chi connectivity index (χ3v) is 12.9. The summed E-state index contributed by atoms with van der Waals surface area (Å²) in [7, 11) is 0. The van der Waals surface area contributed by atoms with Gasteiger partial charge in [-0.15, -0.1) is 0 Å². The van der Waals surface area contributed by atoms with Crippen LogP contribution in [-0.2, 0) is 41.4 Å². The van der Waals surface area contributed by atoms with E-state index in [4.69, 9.17) is 18.9 Å². The summed E-state index contributed by atoms with van der Waals surface area (Å²) >= 11 is 0. The molecule has 0 saturated carbocycles. The van der Waals surface area contributed by atoms with Gasteiger partial charge in [0.25, 0.3) is 0 Å². The molecule has 0 N–H and O–H groups in total. The standard InChI is InChI=1S/2C27H30F2N2O5/c2*1-27(2,3)36-25(33)30-12-11-21(22(15-30)20-10-9-18(28)14-23(20)29)24(32)31-19(16-35-26(31)34)13-17-7-5-4-6-8-17/h2*4-10,14,19,21-22H,11-13,15-16H2,1-3H3/t19-,21+,22-;19-,21-,22+/m00/s1. The SMILES string of the molecule is CC(C)(C)OC(=O)N1CC[C@@H](C(=O)N2C(=O)OC[C@@H]2Cc2ccccc2)[C@H](c2ccc(F)cc2F)C1.CC(C)(C)OC(=O)N1CC[C@H](C(=O)N2C(=O)OC[C@@H]2Cc2ccccc2)[C@@H](c2ccc(F)cc2F)C1. The first kappa shape index (κ1) is 52.8. The number of benzene rings is 4. The highest BCUT2D eigenvalue weighted by Crippen LogP contribution is 2.39. The Morgan fingerprint density at radius 1 is 0.556 bits per heavy atom. The van der Waals surface area contributed by atoms with E-state index in [0.29, 0.717) is 12.8 Å². The van der Waals surface area contributed by atoms with E-state index >= 15 is 0 Å². The lowest BCUT2D eigenvalue weighted by molar-refractivity contribution is -0.136. The molecular weight excluding hydrogens is 941 g/mol. The van der Waals surface area contributed by atoms with Crippen LogP contribution in [0.2, 0.25) is 0 Å². The lowest BCUT2D eigenvalue weighted by Crippen LogP contribution is -2.51. The zero-order valence-corrected chi connectivity index (χ0v) is 41.2. The van der Waals surface area contributed by atoms with Crippen molar-refractivity contribution in [2.24, 2.45) is 11.8 Å². The number of piperidine rings is 2. The lowest BCUT2D eigenvalue weighted by Gasteiger charge is -2.40. The summed E-state index contributed by atoms with van der Waals surface area (Å²) in [6.07, 6.45) is -1.44. The van der Waals surface area contributed by atoms with Gasteiger partial charge in [-0.1, -0.05) is 72.8 Å². The lowest BCUT2D eigenvalue weighted by atomic mass is 9.79. The van der Waals surface area contributed by atoms with Gasteiger partial charge in [0.05, 0.1) is 12.1 Å². The Morgan fingerprint density at radius 3 is 1.25 bits per heavy atom. The quantitative estimate of drug-likeness (QED) is 0.123. The van der Waals surface area contributed by atoms with Gasteiger partial charge in [-0.3, -0.25) is 9.59 Å². The fourth-order valence-corrected chi connectivity index (χ4v) is 9.61. The summed E-state index contributed by atoms with van der Waals surface area (Å²) in [6, 6.07) is 24.2. The number of carbonyl (C=O) groups excluding carboxylic acids is 6. The van der Waals surface area contributed by atoms with E-state index < -0.39 is 106 Å². The van der Waals surface area contributed by atoms with Gasteiger partial charge in [0.1, 0.15) is 47.7 Å². The van der Waals surface area contributed by atoms with Crippen molar-refractivity contribution in [2.75, 3.05) is 39.4 Å². The molecule has 4 aromatic rings. The molecule has 0 aromatic heterocycles. The summed E-state index contributed by atoms with van der Waals surface area (Å²) < 4.78 is 78.5. The molecule has 72 heavy (non-hydrogen) atoms. The number of hydrogen-bond acceptors (Lipinski definition) is 10. The number of hydrogen-bond donors (Lipinski definition) is 0. The van der Waals surface area contributed by atoms with E-state index in [1.54, 1.807) is 41.5 Å². The van der Waals surface area contributed by atoms with Crippen LogP contribution in [0.4, 0.5) is 36.7 Å². The number of cyclic esters (lactones) is 2. The number of imide groups is 2. The van der Waals surface area contributed by atoms with E-state index in [9.17, 15) is 46.3 Å². The molecule has 4 aliphatic rings. The molecule has 4 heterocycles. The van der Waals surface area contributed by atoms with Crippen molar-refractivity contribution < 1.29 is 65.3 Å². The van der Waals surface area contributed by atoms with Gasteiger partial charge in [-0.2, -0.15) is 0 Å². The fraction of sp³-hybridized carbons (Fsp3) is 0.444. The Kier molecular flexibility index (Phi) is 16.3. The average molecular weight is 1000 g/mol. The second-order valence-corrected chi connectivity index (χ2v) is 20.4. The summed E-state index contributed by atoms with van der Waals surface area (Å²) in [4.78, 5) is 83.4. The maximum atomic E-state index is 14.9. The van der Waals surface area contributed by atoms with E-state index in [-0.39, 0.29) is 63.4 Å². The number of carbonyl (C=O) groups is 6. The molecule has 14 nitrogen and oxygen atoms in total. The van der Waals surface area contributed by atoms with Crippen molar-refractivity contribution >= 4 is 36.2 Å². The van der Waals surface area contributed by atoms with Crippen molar-refractivity contribution in [1.82, 2.24) is 19.6 Å². The highest BCUT2D eigenvalue weighted by molar-refractivity contribution is 5.96. The Bertz CT molecular complexity index is 2450. The van der Waals surface area contributed by atoms with Gasteiger partial charge in [0, 0.05) is 62.0 Å². The van der Waals surface area contributed by atoms with Crippen molar-refractivity contribution in [3.63, 3.8) is 0 Å². The Morgan fingerprint density at radius 2 is 0.917 bits per heavy atom. The van der Waals surface area contributed by atoms with Gasteiger partial charge in [-0.25, -0.2) is 46.5 Å². The molecule has 0 bridgehead atoms. The zero-order chi connectivity index (χ0) is 52.1. The van der Waals surface area contributed by atoms with E-state index in [1.165, 1.54) is 21.9 Å². The monoisotopic (exact) mass is 1000 g/mol. The zero-order valence-electron chi connectivity index (χ0n) is 41.2. The van der Waals surface area contributed by atoms with Crippen LogP contribution >= 0.6 is 0 Å². The minimum Gasteiger partial charge on any atom is -0.447 e. The summed E-state index contributed by atoms with van der Waals surface area (Å²) in [5.41, 5.74) is 0.638. The van der Waals surface area contributed by atoms with Crippen LogP contribution < -0.4 is 0 Å². The van der Waals surface area contributed by atoms with E-state index in [1.807, 2.05) is 60.7 Å². The first-order valence-electron chi connectivity index (χ1n) is 24.0. The largest absolute Gasteiger partial charge is 0.447 e. The van der Waals surface area contributed by atoms with Crippen LogP contribution in [0.25, 0.3) is 0 Å². The molecule has 18 heteroatoms. The normalized spacial score (nSPS) is 22.4. The molecule has 4 saturated heterocycles. The Balaban J connectivity index is 0.000000211. The number of likely N-dealkylation sites (tertiary alicyclic amines) is 2. The highest BCUT2D eigenvalue weighted by atomic mass is 19.1. The summed E-state index contributed by atoms with van der Waals surface area (Å²) in [6.45, 7) is 10.9. The Hall–Kier alpha value is -6.98. The number of ether oxygens (including phenoxy) is 4. The van der Waals surface area contributed by atoms with E-state index in [2.05, 4.69) is 0 Å². The number of amides is 6. The van der Waals surface area contributed by atoms with Gasteiger partial charge < -0.3 is 28.7 Å². The minimum absolute atomic E-state index is 0.0138. The molecule has 4 aromatic carbocycles. The smallest absolute Gasteiger partial charge is 0.416 e. The van der Waals surface area contributed by atoms with Gasteiger partial charge in [0.15, 0.2) is 0 Å². The van der Waals surface area contributed by atoms with Crippen molar-refractivity contribution in [3.8, 4) is 0 Å². The number of halogens is 4. The summed E-state index contributed by atoms with van der Waals surface area (Å²) in [5.74, 6) is -7.32. The summed E-state index contributed by atoms with van der Waals surface area (Å²) in [5, 5.41) is 0. The Labute approximate surface area is 416 Å². The third kappa shape index (κ3) is 12.9. The number of rotatable bonds is 8. The highest BCUT2D eigenvalue weighted by Gasteiger charge is 2.48. The topological polar surface area (TPSA) is 152 Å². The average Bonchev–Trinajstić information content (AvgIpc) is 3.87. The van der Waals surface area contributed by atoms with Crippen LogP contribution in [0.3, 0.4) is 0 Å². The molecule has 8 rings (SSSR count). The molecule has 6 amide bonds.